The van der Waals surface area contributed by atoms with Crippen LogP contribution in [-0.4, -0.2) is 29.9 Å². The van der Waals surface area contributed by atoms with Gasteiger partial charge in [-0.1, -0.05) is 24.3 Å². The number of aliphatic hydroxyl groups excluding tert-OH is 1. The number of hydrogen-bond acceptors (Lipinski definition) is 3. The van der Waals surface area contributed by atoms with Crippen molar-refractivity contribution in [3.63, 3.8) is 0 Å². The van der Waals surface area contributed by atoms with E-state index in [1.807, 2.05) is 12.1 Å². The number of nitrogens with one attached hydrogen (secondary N) is 1. The van der Waals surface area contributed by atoms with Crippen LogP contribution >= 0.6 is 0 Å². The molecule has 19 heavy (non-hydrogen) atoms. The Morgan fingerprint density at radius 1 is 1.11 bits per heavy atom. The van der Waals surface area contributed by atoms with Crippen molar-refractivity contribution in [3.8, 4) is 0 Å². The molecule has 3 nitrogen and oxygen atoms in total. The molecule has 2 unspecified atom stereocenters. The van der Waals surface area contributed by atoms with E-state index in [0.717, 1.165) is 31.4 Å². The first-order valence-electron chi connectivity index (χ1n) is 7.25. The molecule has 1 heterocycles. The van der Waals surface area contributed by atoms with Crippen LogP contribution in [-0.2, 0) is 17.8 Å². The summed E-state index contributed by atoms with van der Waals surface area (Å²) in [7, 11) is 0. The molecule has 1 aliphatic heterocycles. The molecule has 106 valence electrons. The molecule has 0 saturated carbocycles. The quantitative estimate of drug-likeness (QED) is 0.856. The van der Waals surface area contributed by atoms with E-state index in [-0.39, 0.29) is 6.61 Å². The largest absolute Gasteiger partial charge is 0.392 e. The highest BCUT2D eigenvalue weighted by molar-refractivity contribution is 5.22. The molecule has 2 N–H and O–H groups in total. The van der Waals surface area contributed by atoms with E-state index in [0.29, 0.717) is 18.2 Å². The van der Waals surface area contributed by atoms with Gasteiger partial charge in [0.05, 0.1) is 18.8 Å². The number of hydrogen-bond donors (Lipinski definition) is 2. The number of aliphatic hydroxyl groups is 1. The molecule has 1 fully saturated rings. The third-order valence-corrected chi connectivity index (χ3v) is 3.75. The predicted octanol–water partition coefficient (Wildman–Crippen LogP) is 2.27. The van der Waals surface area contributed by atoms with Crippen LogP contribution < -0.4 is 5.32 Å². The maximum atomic E-state index is 9.00. The highest BCUT2D eigenvalue weighted by Crippen LogP contribution is 2.18. The van der Waals surface area contributed by atoms with E-state index in [1.54, 1.807) is 0 Å². The minimum atomic E-state index is 0.121. The van der Waals surface area contributed by atoms with E-state index in [4.69, 9.17) is 9.84 Å². The summed E-state index contributed by atoms with van der Waals surface area (Å²) in [6.07, 6.45) is 3.98. The number of ether oxygens (including phenoxy) is 1. The molecule has 1 aromatic rings. The molecule has 0 aliphatic carbocycles. The molecule has 1 aliphatic rings. The van der Waals surface area contributed by atoms with E-state index < -0.39 is 0 Å². The van der Waals surface area contributed by atoms with Gasteiger partial charge in [0.15, 0.2) is 0 Å². The van der Waals surface area contributed by atoms with Gasteiger partial charge in [-0.25, -0.2) is 0 Å². The van der Waals surface area contributed by atoms with Gasteiger partial charge < -0.3 is 15.2 Å². The van der Waals surface area contributed by atoms with Gasteiger partial charge in [0.25, 0.3) is 0 Å². The van der Waals surface area contributed by atoms with Crippen molar-refractivity contribution in [1.29, 1.82) is 0 Å². The van der Waals surface area contributed by atoms with E-state index >= 15 is 0 Å². The van der Waals surface area contributed by atoms with E-state index in [1.165, 1.54) is 5.56 Å². The van der Waals surface area contributed by atoms with Crippen molar-refractivity contribution in [2.24, 2.45) is 0 Å². The monoisotopic (exact) mass is 263 g/mol. The summed E-state index contributed by atoms with van der Waals surface area (Å²) >= 11 is 0. The van der Waals surface area contributed by atoms with Crippen LogP contribution in [0.4, 0.5) is 0 Å². The smallest absolute Gasteiger partial charge is 0.0681 e. The van der Waals surface area contributed by atoms with E-state index in [9.17, 15) is 0 Å². The SMILES string of the molecule is CC1CC(NCCc2ccc(CO)cc2)CC(C)O1. The zero-order valence-corrected chi connectivity index (χ0v) is 11.9. The maximum absolute atomic E-state index is 9.00. The molecule has 0 bridgehead atoms. The van der Waals surface area contributed by atoms with Crippen molar-refractivity contribution < 1.29 is 9.84 Å². The molecule has 2 rings (SSSR count). The van der Waals surface area contributed by atoms with Gasteiger partial charge in [-0.3, -0.25) is 0 Å². The first-order valence-corrected chi connectivity index (χ1v) is 7.25. The summed E-state index contributed by atoms with van der Waals surface area (Å²) < 4.78 is 5.74. The lowest BCUT2D eigenvalue weighted by atomic mass is 9.99. The zero-order chi connectivity index (χ0) is 13.7. The Kier molecular flexibility index (Phi) is 5.37. The Labute approximate surface area is 116 Å². The number of benzene rings is 1. The van der Waals surface area contributed by atoms with Gasteiger partial charge >= 0.3 is 0 Å². The second kappa shape index (κ2) is 7.04. The molecule has 1 saturated heterocycles. The Bertz CT molecular complexity index is 367. The van der Waals surface area contributed by atoms with Crippen molar-refractivity contribution in [3.05, 3.63) is 35.4 Å². The predicted molar refractivity (Wildman–Crippen MR) is 77.1 cm³/mol. The summed E-state index contributed by atoms with van der Waals surface area (Å²) in [5.74, 6) is 0. The van der Waals surface area contributed by atoms with Gasteiger partial charge in [-0.15, -0.1) is 0 Å². The fourth-order valence-electron chi connectivity index (χ4n) is 2.80. The fourth-order valence-corrected chi connectivity index (χ4v) is 2.80. The molecule has 2 atom stereocenters. The Balaban J connectivity index is 1.73. The van der Waals surface area contributed by atoms with Crippen molar-refractivity contribution in [1.82, 2.24) is 5.32 Å². The normalized spacial score (nSPS) is 27.4. The van der Waals surface area contributed by atoms with Crippen LogP contribution in [0.2, 0.25) is 0 Å². The molecule has 0 spiro atoms. The second-order valence-corrected chi connectivity index (χ2v) is 5.60. The lowest BCUT2D eigenvalue weighted by Crippen LogP contribution is -2.41. The van der Waals surface area contributed by atoms with Crippen molar-refractivity contribution in [2.75, 3.05) is 6.54 Å². The lowest BCUT2D eigenvalue weighted by Gasteiger charge is -2.32. The third-order valence-electron chi connectivity index (χ3n) is 3.75. The van der Waals surface area contributed by atoms with Gasteiger partial charge in [-0.05, 0) is 50.8 Å². The lowest BCUT2D eigenvalue weighted by molar-refractivity contribution is -0.0419. The van der Waals surface area contributed by atoms with Gasteiger partial charge in [0.2, 0.25) is 0 Å². The average molecular weight is 263 g/mol. The first-order chi connectivity index (χ1) is 9.17. The molecular weight excluding hydrogens is 238 g/mol. The van der Waals surface area contributed by atoms with Crippen molar-refractivity contribution in [2.45, 2.75) is 58.0 Å². The highest BCUT2D eigenvalue weighted by atomic mass is 16.5. The van der Waals surface area contributed by atoms with Crippen molar-refractivity contribution >= 4 is 0 Å². The highest BCUT2D eigenvalue weighted by Gasteiger charge is 2.23. The Morgan fingerprint density at radius 2 is 1.68 bits per heavy atom. The number of rotatable bonds is 5. The van der Waals surface area contributed by atoms with E-state index in [2.05, 4.69) is 31.3 Å². The topological polar surface area (TPSA) is 41.5 Å². The maximum Gasteiger partial charge on any atom is 0.0681 e. The van der Waals surface area contributed by atoms with Crippen LogP contribution in [0.15, 0.2) is 24.3 Å². The summed E-state index contributed by atoms with van der Waals surface area (Å²) in [4.78, 5) is 0. The van der Waals surface area contributed by atoms with Crippen LogP contribution in [0, 0.1) is 0 Å². The second-order valence-electron chi connectivity index (χ2n) is 5.60. The van der Waals surface area contributed by atoms with Crippen LogP contribution in [0.5, 0.6) is 0 Å². The molecule has 0 radical (unpaired) electrons. The van der Waals surface area contributed by atoms with Gasteiger partial charge in [0.1, 0.15) is 0 Å². The summed E-state index contributed by atoms with van der Waals surface area (Å²) in [5, 5.41) is 12.6. The van der Waals surface area contributed by atoms with Crippen LogP contribution in [0.1, 0.15) is 37.8 Å². The average Bonchev–Trinajstić information content (AvgIpc) is 2.38. The van der Waals surface area contributed by atoms with Gasteiger partial charge in [-0.2, -0.15) is 0 Å². The summed E-state index contributed by atoms with van der Waals surface area (Å²) in [6, 6.07) is 8.77. The zero-order valence-electron chi connectivity index (χ0n) is 11.9. The third kappa shape index (κ3) is 4.60. The minimum absolute atomic E-state index is 0.121. The molecule has 1 aromatic carbocycles. The molecular formula is C16H25NO2. The minimum Gasteiger partial charge on any atom is -0.392 e. The van der Waals surface area contributed by atoms with Crippen LogP contribution in [0.3, 0.4) is 0 Å². The Morgan fingerprint density at radius 3 is 2.26 bits per heavy atom. The first kappa shape index (κ1) is 14.5. The van der Waals surface area contributed by atoms with Gasteiger partial charge in [0, 0.05) is 6.04 Å². The molecule has 0 aromatic heterocycles. The fraction of sp³-hybridized carbons (Fsp3) is 0.625. The van der Waals surface area contributed by atoms with Crippen LogP contribution in [0.25, 0.3) is 0 Å². The standard InChI is InChI=1S/C16H25NO2/c1-12-9-16(10-13(2)19-12)17-8-7-14-3-5-15(11-18)6-4-14/h3-6,12-13,16-18H,7-11H2,1-2H3. The molecule has 3 heteroatoms. The Hall–Kier alpha value is -0.900. The summed E-state index contributed by atoms with van der Waals surface area (Å²) in [6.45, 7) is 5.43. The molecule has 0 amide bonds. The summed E-state index contributed by atoms with van der Waals surface area (Å²) in [5.41, 5.74) is 2.29.